The summed E-state index contributed by atoms with van der Waals surface area (Å²) in [4.78, 5) is 23.4. The average Bonchev–Trinajstić information content (AvgIpc) is 3.02. The molecule has 0 aliphatic carbocycles. The quantitative estimate of drug-likeness (QED) is 0.692. The van der Waals surface area contributed by atoms with Crippen molar-refractivity contribution in [3.05, 3.63) is 17.5 Å². The maximum Gasteiger partial charge on any atom is 0.413 e. The van der Waals surface area contributed by atoms with E-state index in [1.165, 1.54) is 22.8 Å². The van der Waals surface area contributed by atoms with Crippen molar-refractivity contribution in [3.8, 4) is 0 Å². The molecule has 0 aromatic carbocycles. The Hall–Kier alpha value is -1.49. The molecule has 1 aromatic heterocycles. The first-order valence-electron chi connectivity index (χ1n) is 6.68. The van der Waals surface area contributed by atoms with Gasteiger partial charge in [-0.25, -0.2) is 13.2 Å². The van der Waals surface area contributed by atoms with Crippen LogP contribution in [0.25, 0.3) is 0 Å². The second-order valence-electron chi connectivity index (χ2n) is 4.80. The number of imide groups is 1. The van der Waals surface area contributed by atoms with E-state index in [0.29, 0.717) is 30.4 Å². The number of methoxy groups -OCH3 is 1. The molecule has 22 heavy (non-hydrogen) atoms. The Balaban J connectivity index is 1.86. The Labute approximate surface area is 132 Å². The summed E-state index contributed by atoms with van der Waals surface area (Å²) < 4.78 is 30.8. The summed E-state index contributed by atoms with van der Waals surface area (Å²) in [6, 6.07) is 3.29. The van der Waals surface area contributed by atoms with E-state index in [9.17, 15) is 18.0 Å². The molecular weight excluding hydrogens is 330 g/mol. The van der Waals surface area contributed by atoms with Gasteiger partial charge in [0.15, 0.2) is 6.54 Å². The molecule has 0 bridgehead atoms. The fraction of sp³-hybridized carbons (Fsp3) is 0.500. The smallest absolute Gasteiger partial charge is 0.413 e. The lowest BCUT2D eigenvalue weighted by Gasteiger charge is -2.30. The molecule has 2 N–H and O–H groups in total. The minimum absolute atomic E-state index is 0.113. The number of ether oxygens (including phenoxy) is 1. The largest absolute Gasteiger partial charge is 0.453 e. The number of alkyl carbamates (subject to hydrolysis) is 1. The number of sulfonamides is 1. The molecule has 0 atom stereocenters. The molecule has 0 radical (unpaired) electrons. The van der Waals surface area contributed by atoms with E-state index in [1.54, 1.807) is 17.5 Å². The first-order valence-corrected chi connectivity index (χ1v) is 9.00. The van der Waals surface area contributed by atoms with Crippen LogP contribution in [0.1, 0.15) is 0 Å². The number of carbonyl (C=O) groups excluding carboxylic acids is 2. The summed E-state index contributed by atoms with van der Waals surface area (Å²) in [5, 5.41) is 3.82. The number of hydrogen-bond acceptors (Lipinski definition) is 6. The Morgan fingerprint density at radius 3 is 2.64 bits per heavy atom. The van der Waals surface area contributed by atoms with Crippen LogP contribution in [-0.4, -0.2) is 64.6 Å². The zero-order chi connectivity index (χ0) is 16.2. The first kappa shape index (κ1) is 16.9. The van der Waals surface area contributed by atoms with E-state index in [1.807, 2.05) is 0 Å². The summed E-state index contributed by atoms with van der Waals surface area (Å²) in [7, 11) is -2.25. The van der Waals surface area contributed by atoms with Crippen molar-refractivity contribution in [1.29, 1.82) is 0 Å². The molecule has 10 heteroatoms. The SMILES string of the molecule is COC(=O)NC(=O)C[NH+]1CCN(S(=O)(=O)c2cccs2)CC1. The van der Waals surface area contributed by atoms with Crippen LogP contribution in [0.2, 0.25) is 0 Å². The lowest BCUT2D eigenvalue weighted by molar-refractivity contribution is -0.895. The summed E-state index contributed by atoms with van der Waals surface area (Å²) in [6.07, 6.45) is -0.789. The first-order chi connectivity index (χ1) is 10.4. The van der Waals surface area contributed by atoms with Gasteiger partial charge in [0.2, 0.25) is 0 Å². The Kier molecular flexibility index (Phi) is 5.51. The monoisotopic (exact) mass is 348 g/mol. The van der Waals surface area contributed by atoms with E-state index in [2.05, 4.69) is 10.1 Å². The molecule has 0 spiro atoms. The van der Waals surface area contributed by atoms with Crippen molar-refractivity contribution in [3.63, 3.8) is 0 Å². The van der Waals surface area contributed by atoms with Gasteiger partial charge in [-0.05, 0) is 11.4 Å². The summed E-state index contributed by atoms with van der Waals surface area (Å²) in [6.45, 7) is 1.84. The van der Waals surface area contributed by atoms with Crippen molar-refractivity contribution >= 4 is 33.4 Å². The molecule has 1 aromatic rings. The fourth-order valence-electron chi connectivity index (χ4n) is 2.19. The van der Waals surface area contributed by atoms with E-state index < -0.39 is 22.0 Å². The Morgan fingerprint density at radius 2 is 2.09 bits per heavy atom. The molecule has 2 rings (SSSR count). The van der Waals surface area contributed by atoms with E-state index in [0.717, 1.165) is 4.90 Å². The van der Waals surface area contributed by atoms with E-state index >= 15 is 0 Å². The fourth-order valence-corrected chi connectivity index (χ4v) is 4.78. The predicted octanol–water partition coefficient (Wildman–Crippen LogP) is -1.48. The molecule has 2 amide bonds. The molecule has 0 unspecified atom stereocenters. The van der Waals surface area contributed by atoms with Gasteiger partial charge in [-0.1, -0.05) is 6.07 Å². The van der Waals surface area contributed by atoms with Crippen LogP contribution in [-0.2, 0) is 19.6 Å². The van der Waals surface area contributed by atoms with Crippen molar-refractivity contribution < 1.29 is 27.6 Å². The third-order valence-electron chi connectivity index (χ3n) is 3.36. The number of thiophene rings is 1. The third-order valence-corrected chi connectivity index (χ3v) is 6.63. The lowest BCUT2D eigenvalue weighted by Crippen LogP contribution is -3.15. The topological polar surface area (TPSA) is 97.2 Å². The van der Waals surface area contributed by atoms with Crippen molar-refractivity contribution in [2.75, 3.05) is 39.8 Å². The molecule has 1 saturated heterocycles. The van der Waals surface area contributed by atoms with Crippen LogP contribution in [0.3, 0.4) is 0 Å². The number of nitrogens with one attached hydrogen (secondary N) is 2. The van der Waals surface area contributed by atoms with Gasteiger partial charge in [-0.3, -0.25) is 10.1 Å². The van der Waals surface area contributed by atoms with E-state index in [-0.39, 0.29) is 6.54 Å². The summed E-state index contributed by atoms with van der Waals surface area (Å²) in [5.41, 5.74) is 0. The van der Waals surface area contributed by atoms with Crippen LogP contribution in [0.5, 0.6) is 0 Å². The molecular formula is C12H18N3O5S2+. The van der Waals surface area contributed by atoms with Gasteiger partial charge in [-0.2, -0.15) is 4.31 Å². The number of piperazine rings is 1. The normalized spacial score (nSPS) is 17.1. The van der Waals surface area contributed by atoms with Crippen LogP contribution in [0.4, 0.5) is 4.79 Å². The molecule has 0 saturated carbocycles. The number of rotatable bonds is 4. The van der Waals surface area contributed by atoms with Crippen LogP contribution >= 0.6 is 11.3 Å². The number of hydrogen-bond donors (Lipinski definition) is 2. The third kappa shape index (κ3) is 4.03. The number of amides is 2. The van der Waals surface area contributed by atoms with Gasteiger partial charge in [0, 0.05) is 0 Å². The molecule has 8 nitrogen and oxygen atoms in total. The lowest BCUT2D eigenvalue weighted by atomic mass is 10.3. The van der Waals surface area contributed by atoms with Gasteiger partial charge in [-0.15, -0.1) is 11.3 Å². The van der Waals surface area contributed by atoms with Gasteiger partial charge >= 0.3 is 6.09 Å². The molecule has 1 aliphatic heterocycles. The van der Waals surface area contributed by atoms with Crippen molar-refractivity contribution in [1.82, 2.24) is 9.62 Å². The standard InChI is InChI=1S/C12H17N3O5S2/c1-20-12(17)13-10(16)9-14-4-6-15(7-5-14)22(18,19)11-3-2-8-21-11/h2-3,8H,4-7,9H2,1H3,(H,13,16,17)/p+1. The predicted molar refractivity (Wildman–Crippen MR) is 79.2 cm³/mol. The van der Waals surface area contributed by atoms with Crippen LogP contribution in [0.15, 0.2) is 21.7 Å². The highest BCUT2D eigenvalue weighted by molar-refractivity contribution is 7.91. The zero-order valence-corrected chi connectivity index (χ0v) is 13.7. The average molecular weight is 348 g/mol. The summed E-state index contributed by atoms with van der Waals surface area (Å²) in [5.74, 6) is -0.434. The maximum absolute atomic E-state index is 12.3. The highest BCUT2D eigenvalue weighted by atomic mass is 32.2. The van der Waals surface area contributed by atoms with Gasteiger partial charge in [0.25, 0.3) is 15.9 Å². The highest BCUT2D eigenvalue weighted by Gasteiger charge is 2.31. The molecule has 2 heterocycles. The molecule has 122 valence electrons. The number of carbonyl (C=O) groups is 2. The second-order valence-corrected chi connectivity index (χ2v) is 7.92. The Bertz CT molecular complexity index is 621. The Morgan fingerprint density at radius 1 is 1.41 bits per heavy atom. The minimum atomic E-state index is -3.43. The minimum Gasteiger partial charge on any atom is -0.453 e. The molecule has 1 fully saturated rings. The zero-order valence-electron chi connectivity index (χ0n) is 12.1. The maximum atomic E-state index is 12.3. The highest BCUT2D eigenvalue weighted by Crippen LogP contribution is 2.20. The van der Waals surface area contributed by atoms with Gasteiger partial charge in [0.1, 0.15) is 4.21 Å². The van der Waals surface area contributed by atoms with E-state index in [4.69, 9.17) is 0 Å². The van der Waals surface area contributed by atoms with Gasteiger partial charge in [0.05, 0.1) is 33.3 Å². The van der Waals surface area contributed by atoms with Crippen LogP contribution < -0.4 is 10.2 Å². The van der Waals surface area contributed by atoms with Crippen LogP contribution in [0, 0.1) is 0 Å². The van der Waals surface area contributed by atoms with Crippen molar-refractivity contribution in [2.45, 2.75) is 4.21 Å². The number of quaternary nitrogens is 1. The summed E-state index contributed by atoms with van der Waals surface area (Å²) >= 11 is 1.19. The second kappa shape index (κ2) is 7.18. The number of nitrogens with zero attached hydrogens (tertiary/aromatic N) is 1. The van der Waals surface area contributed by atoms with Crippen molar-refractivity contribution in [2.24, 2.45) is 0 Å². The van der Waals surface area contributed by atoms with Gasteiger partial charge < -0.3 is 9.64 Å². The molecule has 1 aliphatic rings.